The quantitative estimate of drug-likeness (QED) is 0.929. The molecule has 2 heterocycles. The molecule has 0 bridgehead atoms. The first kappa shape index (κ1) is 14.9. The van der Waals surface area contributed by atoms with Crippen molar-refractivity contribution < 1.29 is 4.74 Å². The van der Waals surface area contributed by atoms with Crippen molar-refractivity contribution in [1.82, 2.24) is 4.90 Å². The maximum Gasteiger partial charge on any atom is 0.126 e. The number of benzene rings is 1. The zero-order valence-electron chi connectivity index (χ0n) is 13.5. The highest BCUT2D eigenvalue weighted by Gasteiger charge is 2.39. The zero-order chi connectivity index (χ0) is 14.9. The van der Waals surface area contributed by atoms with Crippen molar-refractivity contribution in [2.75, 3.05) is 26.2 Å². The van der Waals surface area contributed by atoms with Gasteiger partial charge in [-0.15, -0.1) is 0 Å². The van der Waals surface area contributed by atoms with E-state index in [0.717, 1.165) is 45.4 Å². The molecule has 1 aromatic rings. The Hall–Kier alpha value is -1.06. The van der Waals surface area contributed by atoms with E-state index in [4.69, 9.17) is 10.5 Å². The molecule has 0 atom stereocenters. The van der Waals surface area contributed by atoms with E-state index in [1.807, 2.05) is 0 Å². The van der Waals surface area contributed by atoms with Crippen molar-refractivity contribution in [2.24, 2.45) is 5.73 Å². The van der Waals surface area contributed by atoms with Gasteiger partial charge in [0.05, 0.1) is 0 Å². The standard InChI is InChI=1S/C18H28N2O/c1-14-4-5-16-6-7-18(21-17(16)15(14)2)8-12-20(13-9-18)11-3-10-19/h4-5H,3,6-13,19H2,1-2H3. The van der Waals surface area contributed by atoms with E-state index < -0.39 is 0 Å². The van der Waals surface area contributed by atoms with Crippen molar-refractivity contribution in [3.63, 3.8) is 0 Å². The molecule has 1 aromatic carbocycles. The van der Waals surface area contributed by atoms with Gasteiger partial charge >= 0.3 is 0 Å². The van der Waals surface area contributed by atoms with Crippen LogP contribution in [0.25, 0.3) is 0 Å². The van der Waals surface area contributed by atoms with Crippen molar-refractivity contribution in [3.05, 3.63) is 28.8 Å². The Labute approximate surface area is 128 Å². The van der Waals surface area contributed by atoms with Gasteiger partial charge in [0.1, 0.15) is 11.4 Å². The minimum absolute atomic E-state index is 0.0881. The van der Waals surface area contributed by atoms with E-state index in [1.165, 1.54) is 35.3 Å². The topological polar surface area (TPSA) is 38.5 Å². The summed E-state index contributed by atoms with van der Waals surface area (Å²) in [6.45, 7) is 8.62. The molecule has 3 nitrogen and oxygen atoms in total. The number of fused-ring (bicyclic) bond motifs is 1. The van der Waals surface area contributed by atoms with Gasteiger partial charge in [0.2, 0.25) is 0 Å². The number of aryl methyl sites for hydroxylation is 2. The average molecular weight is 288 g/mol. The summed E-state index contributed by atoms with van der Waals surface area (Å²) in [6, 6.07) is 4.48. The van der Waals surface area contributed by atoms with Crippen LogP contribution in [0.1, 0.15) is 42.4 Å². The van der Waals surface area contributed by atoms with Crippen molar-refractivity contribution in [2.45, 2.75) is 51.6 Å². The summed E-state index contributed by atoms with van der Waals surface area (Å²) in [5, 5.41) is 0. The van der Waals surface area contributed by atoms with E-state index in [9.17, 15) is 0 Å². The first-order valence-corrected chi connectivity index (χ1v) is 8.34. The lowest BCUT2D eigenvalue weighted by Crippen LogP contribution is -2.50. The number of likely N-dealkylation sites (tertiary alicyclic amines) is 1. The normalized spacial score (nSPS) is 21.1. The second-order valence-corrected chi connectivity index (χ2v) is 6.76. The number of hydrogen-bond acceptors (Lipinski definition) is 3. The Kier molecular flexibility index (Phi) is 4.23. The lowest BCUT2D eigenvalue weighted by molar-refractivity contribution is -0.0150. The molecule has 0 amide bonds. The van der Waals surface area contributed by atoms with E-state index in [1.54, 1.807) is 0 Å². The van der Waals surface area contributed by atoms with Crippen LogP contribution in [0.4, 0.5) is 0 Å². The van der Waals surface area contributed by atoms with Crippen molar-refractivity contribution in [3.8, 4) is 5.75 Å². The van der Waals surface area contributed by atoms with Crippen LogP contribution in [0.3, 0.4) is 0 Å². The smallest absolute Gasteiger partial charge is 0.126 e. The van der Waals surface area contributed by atoms with Crippen molar-refractivity contribution in [1.29, 1.82) is 0 Å². The molecular formula is C18H28N2O. The highest BCUT2D eigenvalue weighted by Crippen LogP contribution is 2.41. The summed E-state index contributed by atoms with van der Waals surface area (Å²) >= 11 is 0. The van der Waals surface area contributed by atoms with Gasteiger partial charge in [-0.3, -0.25) is 0 Å². The predicted octanol–water partition coefficient (Wildman–Crippen LogP) is 2.81. The van der Waals surface area contributed by atoms with Crippen LogP contribution in [0.15, 0.2) is 12.1 Å². The van der Waals surface area contributed by atoms with Crippen LogP contribution in [0, 0.1) is 13.8 Å². The molecule has 116 valence electrons. The number of nitrogens with two attached hydrogens (primary N) is 1. The largest absolute Gasteiger partial charge is 0.487 e. The monoisotopic (exact) mass is 288 g/mol. The van der Waals surface area contributed by atoms with Gasteiger partial charge in [-0.1, -0.05) is 12.1 Å². The Morgan fingerprint density at radius 2 is 1.95 bits per heavy atom. The third kappa shape index (κ3) is 2.95. The summed E-state index contributed by atoms with van der Waals surface area (Å²) in [7, 11) is 0. The molecular weight excluding hydrogens is 260 g/mol. The Balaban J connectivity index is 1.70. The molecule has 1 spiro atoms. The van der Waals surface area contributed by atoms with E-state index in [-0.39, 0.29) is 5.60 Å². The van der Waals surface area contributed by atoms with E-state index in [0.29, 0.717) is 0 Å². The molecule has 2 aliphatic rings. The molecule has 2 aliphatic heterocycles. The number of piperidine rings is 1. The Bertz CT molecular complexity index is 504. The Morgan fingerprint density at radius 3 is 2.67 bits per heavy atom. The second-order valence-electron chi connectivity index (χ2n) is 6.76. The van der Waals surface area contributed by atoms with Crippen molar-refractivity contribution >= 4 is 0 Å². The van der Waals surface area contributed by atoms with Gasteiger partial charge in [0.15, 0.2) is 0 Å². The fourth-order valence-corrected chi connectivity index (χ4v) is 3.67. The molecule has 3 rings (SSSR count). The SMILES string of the molecule is Cc1ccc2c(c1C)OC1(CC2)CCN(CCCN)CC1. The molecule has 0 aliphatic carbocycles. The molecule has 3 heteroatoms. The van der Waals surface area contributed by atoms with Gasteiger partial charge in [-0.25, -0.2) is 0 Å². The van der Waals surface area contributed by atoms with Crippen LogP contribution in [-0.2, 0) is 6.42 Å². The molecule has 0 unspecified atom stereocenters. The van der Waals surface area contributed by atoms with Crippen LogP contribution in [0.5, 0.6) is 5.75 Å². The Morgan fingerprint density at radius 1 is 1.19 bits per heavy atom. The maximum absolute atomic E-state index is 6.57. The minimum Gasteiger partial charge on any atom is -0.487 e. The third-order valence-corrected chi connectivity index (χ3v) is 5.37. The molecule has 1 fully saturated rings. The van der Waals surface area contributed by atoms with Gasteiger partial charge in [-0.05, 0) is 75.7 Å². The van der Waals surface area contributed by atoms with Gasteiger partial charge in [0, 0.05) is 13.1 Å². The first-order chi connectivity index (χ1) is 10.1. The maximum atomic E-state index is 6.57. The van der Waals surface area contributed by atoms with Crippen LogP contribution in [0.2, 0.25) is 0 Å². The number of ether oxygens (including phenoxy) is 1. The summed E-state index contributed by atoms with van der Waals surface area (Å²) in [6.07, 6.45) is 5.76. The number of nitrogens with zero attached hydrogens (tertiary/aromatic N) is 1. The van der Waals surface area contributed by atoms with Crippen LogP contribution in [-0.4, -0.2) is 36.7 Å². The average Bonchev–Trinajstić information content (AvgIpc) is 2.51. The second kappa shape index (κ2) is 5.98. The summed E-state index contributed by atoms with van der Waals surface area (Å²) in [5.74, 6) is 1.18. The number of rotatable bonds is 3. The van der Waals surface area contributed by atoms with Gasteiger partial charge in [0.25, 0.3) is 0 Å². The zero-order valence-corrected chi connectivity index (χ0v) is 13.5. The predicted molar refractivity (Wildman–Crippen MR) is 86.9 cm³/mol. The van der Waals surface area contributed by atoms with Crippen LogP contribution >= 0.6 is 0 Å². The lowest BCUT2D eigenvalue weighted by Gasteiger charge is -2.45. The molecule has 1 saturated heterocycles. The van der Waals surface area contributed by atoms with E-state index in [2.05, 4.69) is 30.9 Å². The molecule has 0 radical (unpaired) electrons. The van der Waals surface area contributed by atoms with E-state index >= 15 is 0 Å². The molecule has 2 N–H and O–H groups in total. The highest BCUT2D eigenvalue weighted by molar-refractivity contribution is 5.47. The van der Waals surface area contributed by atoms with Gasteiger partial charge in [-0.2, -0.15) is 0 Å². The molecule has 21 heavy (non-hydrogen) atoms. The third-order valence-electron chi connectivity index (χ3n) is 5.37. The van der Waals surface area contributed by atoms with Gasteiger partial charge < -0.3 is 15.4 Å². The molecule has 0 aromatic heterocycles. The van der Waals surface area contributed by atoms with Crippen LogP contribution < -0.4 is 10.5 Å². The summed E-state index contributed by atoms with van der Waals surface area (Å²) in [5.41, 5.74) is 9.77. The summed E-state index contributed by atoms with van der Waals surface area (Å²) < 4.78 is 6.57. The fourth-order valence-electron chi connectivity index (χ4n) is 3.67. The fraction of sp³-hybridized carbons (Fsp3) is 0.667. The first-order valence-electron chi connectivity index (χ1n) is 8.34. The molecule has 0 saturated carbocycles. The minimum atomic E-state index is 0.0881. The summed E-state index contributed by atoms with van der Waals surface area (Å²) in [4.78, 5) is 2.54. The highest BCUT2D eigenvalue weighted by atomic mass is 16.5. The number of hydrogen-bond donors (Lipinski definition) is 1. The lowest BCUT2D eigenvalue weighted by atomic mass is 9.82.